The fraction of sp³-hybridized carbons (Fsp3) is 0.805. The summed E-state index contributed by atoms with van der Waals surface area (Å²) in [7, 11) is -4.75. The smallest absolute Gasteiger partial charge is 0.462 e. The lowest BCUT2D eigenvalue weighted by molar-refractivity contribution is -0.161. The van der Waals surface area contributed by atoms with Gasteiger partial charge < -0.3 is 19.3 Å². The first-order valence-electron chi connectivity index (χ1n) is 20.3. The molecule has 0 spiro atoms. The van der Waals surface area contributed by atoms with Crippen LogP contribution in [0.3, 0.4) is 0 Å². The van der Waals surface area contributed by atoms with Gasteiger partial charge in [-0.05, 0) is 70.6 Å². The predicted octanol–water partition coefficient (Wildman–Crippen LogP) is 12.2. The van der Waals surface area contributed by atoms with Crippen molar-refractivity contribution < 1.29 is 37.9 Å². The van der Waals surface area contributed by atoms with Gasteiger partial charge in [0.15, 0.2) is 6.10 Å². The minimum atomic E-state index is -4.75. The molecule has 50 heavy (non-hydrogen) atoms. The van der Waals surface area contributed by atoms with Crippen LogP contribution in [0.15, 0.2) is 36.5 Å². The Labute approximate surface area is 306 Å². The lowest BCUT2D eigenvalue weighted by atomic mass is 10.1. The SMILES string of the molecule is CCCCC/C=C\C/C=C\CCCCCCCCCC(=O)O[C@H](COC(=O)CCCCCCCCC/C=C\CCCCCC)COP(=O)(O)O. The molecular weight excluding hydrogens is 651 g/mol. The molecule has 2 N–H and O–H groups in total. The summed E-state index contributed by atoms with van der Waals surface area (Å²) < 4.78 is 26.4. The van der Waals surface area contributed by atoms with Gasteiger partial charge in [-0.1, -0.05) is 147 Å². The van der Waals surface area contributed by atoms with Crippen LogP contribution in [-0.4, -0.2) is 41.0 Å². The molecule has 0 unspecified atom stereocenters. The van der Waals surface area contributed by atoms with E-state index in [2.05, 4.69) is 54.8 Å². The first-order valence-corrected chi connectivity index (χ1v) is 21.8. The lowest BCUT2D eigenvalue weighted by Gasteiger charge is -2.18. The predicted molar refractivity (Wildman–Crippen MR) is 207 cm³/mol. The highest BCUT2D eigenvalue weighted by molar-refractivity contribution is 7.46. The summed E-state index contributed by atoms with van der Waals surface area (Å²) in [6.07, 6.45) is 42.8. The van der Waals surface area contributed by atoms with Gasteiger partial charge in [-0.15, -0.1) is 0 Å². The van der Waals surface area contributed by atoms with E-state index in [1.165, 1.54) is 96.3 Å². The average Bonchev–Trinajstić information content (AvgIpc) is 3.08. The highest BCUT2D eigenvalue weighted by atomic mass is 31.2. The average molecular weight is 727 g/mol. The fourth-order valence-corrected chi connectivity index (χ4v) is 5.93. The largest absolute Gasteiger partial charge is 0.469 e. The number of carbonyl (C=O) groups excluding carboxylic acids is 2. The van der Waals surface area contributed by atoms with E-state index >= 15 is 0 Å². The van der Waals surface area contributed by atoms with Crippen LogP contribution in [0.2, 0.25) is 0 Å². The summed E-state index contributed by atoms with van der Waals surface area (Å²) in [6, 6.07) is 0. The molecule has 0 saturated carbocycles. The summed E-state index contributed by atoms with van der Waals surface area (Å²) in [5.74, 6) is -0.897. The normalized spacial score (nSPS) is 12.8. The van der Waals surface area contributed by atoms with Crippen molar-refractivity contribution in [3.63, 3.8) is 0 Å². The zero-order valence-corrected chi connectivity index (χ0v) is 32.9. The monoisotopic (exact) mass is 727 g/mol. The van der Waals surface area contributed by atoms with E-state index in [1.807, 2.05) is 0 Å². The number of hydrogen-bond acceptors (Lipinski definition) is 6. The number of esters is 2. The Morgan fingerprint density at radius 2 is 0.900 bits per heavy atom. The van der Waals surface area contributed by atoms with E-state index in [1.54, 1.807) is 0 Å². The van der Waals surface area contributed by atoms with Crippen LogP contribution in [0.25, 0.3) is 0 Å². The zero-order chi connectivity index (χ0) is 36.8. The maximum atomic E-state index is 12.4. The van der Waals surface area contributed by atoms with Crippen molar-refractivity contribution in [2.45, 2.75) is 200 Å². The minimum absolute atomic E-state index is 0.202. The third kappa shape index (κ3) is 39.1. The van der Waals surface area contributed by atoms with Crippen molar-refractivity contribution in [2.24, 2.45) is 0 Å². The Bertz CT molecular complexity index is 910. The van der Waals surface area contributed by atoms with Crippen molar-refractivity contribution >= 4 is 19.8 Å². The maximum absolute atomic E-state index is 12.4. The molecule has 0 radical (unpaired) electrons. The molecule has 1 atom stereocenters. The second-order valence-corrected chi connectivity index (χ2v) is 14.8. The van der Waals surface area contributed by atoms with Crippen molar-refractivity contribution in [3.05, 3.63) is 36.5 Å². The Hall–Kier alpha value is -1.73. The van der Waals surface area contributed by atoms with E-state index in [9.17, 15) is 14.2 Å². The van der Waals surface area contributed by atoms with Crippen LogP contribution in [0.4, 0.5) is 0 Å². The molecule has 0 aromatic heterocycles. The van der Waals surface area contributed by atoms with Crippen LogP contribution in [0, 0.1) is 0 Å². The molecule has 0 rings (SSSR count). The highest BCUT2D eigenvalue weighted by Gasteiger charge is 2.22. The van der Waals surface area contributed by atoms with Gasteiger partial charge in [-0.3, -0.25) is 14.1 Å². The van der Waals surface area contributed by atoms with Gasteiger partial charge in [-0.2, -0.15) is 0 Å². The van der Waals surface area contributed by atoms with Gasteiger partial charge in [0.2, 0.25) is 0 Å². The molecule has 0 aliphatic heterocycles. The quantitative estimate of drug-likeness (QED) is 0.0281. The van der Waals surface area contributed by atoms with Crippen molar-refractivity contribution in [3.8, 4) is 0 Å². The molecule has 9 heteroatoms. The molecule has 0 fully saturated rings. The maximum Gasteiger partial charge on any atom is 0.469 e. The van der Waals surface area contributed by atoms with Gasteiger partial charge in [0.25, 0.3) is 0 Å². The molecule has 0 aliphatic rings. The molecule has 0 aromatic rings. The van der Waals surface area contributed by atoms with Gasteiger partial charge in [0.05, 0.1) is 6.61 Å². The molecule has 0 saturated heterocycles. The minimum Gasteiger partial charge on any atom is -0.462 e. The summed E-state index contributed by atoms with van der Waals surface area (Å²) in [5.41, 5.74) is 0. The second kappa shape index (κ2) is 37.0. The Kier molecular flexibility index (Phi) is 35.8. The summed E-state index contributed by atoms with van der Waals surface area (Å²) in [6.45, 7) is 3.64. The third-order valence-electron chi connectivity index (χ3n) is 8.63. The van der Waals surface area contributed by atoms with Crippen LogP contribution >= 0.6 is 7.82 Å². The number of carbonyl (C=O) groups is 2. The number of unbranched alkanes of at least 4 members (excludes halogenated alkanes) is 21. The number of rotatable bonds is 37. The Morgan fingerprint density at radius 1 is 0.520 bits per heavy atom. The van der Waals surface area contributed by atoms with E-state index in [0.717, 1.165) is 64.2 Å². The third-order valence-corrected chi connectivity index (χ3v) is 9.12. The van der Waals surface area contributed by atoms with Crippen LogP contribution < -0.4 is 0 Å². The van der Waals surface area contributed by atoms with E-state index in [-0.39, 0.29) is 19.4 Å². The lowest BCUT2D eigenvalue weighted by Crippen LogP contribution is -2.29. The molecular formula is C41H75O8P. The van der Waals surface area contributed by atoms with Crippen LogP contribution in [0.5, 0.6) is 0 Å². The van der Waals surface area contributed by atoms with Crippen LogP contribution in [-0.2, 0) is 28.2 Å². The topological polar surface area (TPSA) is 119 Å². The fourth-order valence-electron chi connectivity index (χ4n) is 5.57. The zero-order valence-electron chi connectivity index (χ0n) is 32.0. The molecule has 0 amide bonds. The first kappa shape index (κ1) is 48.3. The highest BCUT2D eigenvalue weighted by Crippen LogP contribution is 2.36. The number of phosphoric acid groups is 1. The summed E-state index contributed by atoms with van der Waals surface area (Å²) >= 11 is 0. The van der Waals surface area contributed by atoms with Gasteiger partial charge in [0.1, 0.15) is 6.61 Å². The molecule has 8 nitrogen and oxygen atoms in total. The molecule has 0 aromatic carbocycles. The van der Waals surface area contributed by atoms with E-state index in [4.69, 9.17) is 19.3 Å². The van der Waals surface area contributed by atoms with Crippen molar-refractivity contribution in [2.75, 3.05) is 13.2 Å². The van der Waals surface area contributed by atoms with Gasteiger partial charge in [-0.25, -0.2) is 4.57 Å². The number of allylic oxidation sites excluding steroid dienone is 6. The summed E-state index contributed by atoms with van der Waals surface area (Å²) in [4.78, 5) is 42.8. The van der Waals surface area contributed by atoms with Gasteiger partial charge >= 0.3 is 19.8 Å². The molecule has 0 heterocycles. The van der Waals surface area contributed by atoms with Crippen molar-refractivity contribution in [1.29, 1.82) is 0 Å². The van der Waals surface area contributed by atoms with Crippen LogP contribution in [0.1, 0.15) is 194 Å². The number of ether oxygens (including phenoxy) is 2. The van der Waals surface area contributed by atoms with E-state index < -0.39 is 32.5 Å². The number of phosphoric ester groups is 1. The first-order chi connectivity index (χ1) is 24.3. The van der Waals surface area contributed by atoms with E-state index in [0.29, 0.717) is 6.42 Å². The molecule has 0 bridgehead atoms. The number of hydrogen-bond donors (Lipinski definition) is 2. The second-order valence-electron chi connectivity index (χ2n) is 13.6. The van der Waals surface area contributed by atoms with Gasteiger partial charge in [0, 0.05) is 12.8 Å². The Balaban J connectivity index is 3.95. The summed E-state index contributed by atoms with van der Waals surface area (Å²) in [5, 5.41) is 0. The standard InChI is InChI=1S/C41H75O8P/c1-3-5-7-9-11-13-15-17-19-20-22-24-26-28-30-32-34-36-41(43)49-39(38-48-50(44,45)46)37-47-40(42)35-33-31-29-27-25-23-21-18-16-14-12-10-8-6-4-2/h11,13-14,16-17,19,39H,3-10,12,15,18,20-38H2,1-2H3,(H2,44,45,46)/b13-11-,16-14-,19-17-/t39-/m1/s1. The van der Waals surface area contributed by atoms with Crippen molar-refractivity contribution in [1.82, 2.24) is 0 Å². The molecule has 292 valence electrons. The molecule has 0 aliphatic carbocycles. The Morgan fingerprint density at radius 3 is 1.38 bits per heavy atom.